The molecular weight excluding hydrogens is 1640 g/mol. The lowest BCUT2D eigenvalue weighted by molar-refractivity contribution is 0.0302. The largest absolute Gasteiger partial charge is 0.457 e. The SMILES string of the molecule is CC1C(C)C(C)C1C.CC1CC(C)C(C)CC1C.CC1CCC(C2CCC(C)C(C)C2)CC1C.CC1CCC(CC2CCC(C)C(C)C2)CC1C.CCC1C(C)CC(C)C1C.Cc1cc(C)c(C)cc1C.Cc1cc2cc(C)c(C)cc2cc1C.Cc1cc2cc3cc(C)c(C)cc3cc2cc1C.Cc1ccc(-c2ccc(C)c(C)c2)cc1C.Cc1ccc(Oc2ccc(C)c(C)c2)cc1C. The highest BCUT2D eigenvalue weighted by molar-refractivity contribution is 5.99. The van der Waals surface area contributed by atoms with Crippen molar-refractivity contribution in [3.63, 3.8) is 0 Å². The van der Waals surface area contributed by atoms with Crippen molar-refractivity contribution in [1.82, 2.24) is 0 Å². The Morgan fingerprint density at radius 2 is 0.419 bits per heavy atom. The number of ether oxygens (including phenoxy) is 1. The lowest BCUT2D eigenvalue weighted by Gasteiger charge is -2.45. The summed E-state index contributed by atoms with van der Waals surface area (Å²) >= 11 is 0. The molecule has 0 N–H and O–H groups in total. The molecule has 20 atom stereocenters. The van der Waals surface area contributed by atoms with Crippen molar-refractivity contribution < 1.29 is 4.74 Å². The highest BCUT2D eigenvalue weighted by atomic mass is 16.5. The Morgan fingerprint density at radius 3 is 0.654 bits per heavy atom. The zero-order chi connectivity index (χ0) is 101. The first kappa shape index (κ1) is 114. The molecule has 1 nitrogen and oxygen atoms in total. The van der Waals surface area contributed by atoms with E-state index in [2.05, 4.69) is 410 Å². The molecule has 7 fully saturated rings. The second-order valence-electron chi connectivity index (χ2n) is 48.3. The van der Waals surface area contributed by atoms with Gasteiger partial charge >= 0.3 is 0 Å². The molecule has 0 aliphatic heterocycles. The standard InChI is InChI=1S/C18H18.C17H32.C16H18O.C16H30.C16H18.C14H16.C10H20.C10H14.C10H20.C8H16/c1-11-5-15-9-17-7-13(3)14(4)8-18(17)10-16(15)6-12(11)2;1-12-5-7-16(9-14(12)3)11-17-8-6-13(2)15(4)10-17;1-11-5-7-15(9-13(11)3)17-16-8-6-12(2)14(4)10-16;2*1-11-5-7-15(9-13(11)3)16-8-6-12(2)14(4)10-16;1-9-5-13-7-11(3)12(4)8-14(13)6-10(9)2;2*1-7-5-9(3)10(4)6-8(7)2;1-5-10-8(3)6-7(2)9(10)4;1-5-6(2)8(4)7(5)3/h5-10H,1-4H3;12-17H,5-11H2,1-4H3;5-10H,1-4H3;11-16H,5-10H2,1-4H3;5-10H,1-4H3;5-8H,1-4H3;7-10H,5-6H2,1-4H3;5-6H,1-4H3;7-10H,5-6H2,1-4H3;5-8H,1-4H3. The Labute approximate surface area is 839 Å². The second-order valence-corrected chi connectivity index (χ2v) is 48.3. The molecule has 20 unspecified atom stereocenters. The van der Waals surface area contributed by atoms with Crippen molar-refractivity contribution in [3.8, 4) is 22.6 Å². The summed E-state index contributed by atoms with van der Waals surface area (Å²) in [7, 11) is 0. The maximum atomic E-state index is 5.85. The molecule has 0 radical (unpaired) electrons. The van der Waals surface area contributed by atoms with Crippen LogP contribution in [0.2, 0.25) is 0 Å². The van der Waals surface area contributed by atoms with Crippen LogP contribution in [0.1, 0.15) is 359 Å². The van der Waals surface area contributed by atoms with Gasteiger partial charge in [-0.15, -0.1) is 0 Å². The Balaban J connectivity index is 0.000000187. The van der Waals surface area contributed by atoms with Crippen molar-refractivity contribution in [1.29, 1.82) is 0 Å². The monoisotopic (exact) mass is 1840 g/mol. The lowest BCUT2D eigenvalue weighted by atomic mass is 9.60. The van der Waals surface area contributed by atoms with Gasteiger partial charge in [-0.1, -0.05) is 293 Å². The van der Waals surface area contributed by atoms with E-state index >= 15 is 0 Å². The van der Waals surface area contributed by atoms with E-state index in [1.165, 1.54) is 257 Å². The van der Waals surface area contributed by atoms with Crippen LogP contribution >= 0.6 is 0 Å². The zero-order valence-electron chi connectivity index (χ0n) is 95.1. The van der Waals surface area contributed by atoms with E-state index in [1.54, 1.807) is 6.42 Å². The molecule has 7 aliphatic carbocycles. The first-order chi connectivity index (χ1) is 63.9. The van der Waals surface area contributed by atoms with Gasteiger partial charge < -0.3 is 4.74 Å². The predicted molar refractivity (Wildman–Crippen MR) is 607 cm³/mol. The van der Waals surface area contributed by atoms with Crippen LogP contribution in [-0.4, -0.2) is 0 Å². The molecule has 748 valence electrons. The fraction of sp³-hybridized carbons (Fsp3) is 0.600. The third-order valence-electron chi connectivity index (χ3n) is 38.0. The van der Waals surface area contributed by atoms with Crippen LogP contribution in [0.5, 0.6) is 11.5 Å². The molecule has 7 aliphatic rings. The van der Waals surface area contributed by atoms with Crippen molar-refractivity contribution in [2.45, 2.75) is 386 Å². The number of rotatable bonds is 7. The minimum Gasteiger partial charge on any atom is -0.457 e. The summed E-state index contributed by atoms with van der Waals surface area (Å²) in [5.74, 6) is 25.6. The van der Waals surface area contributed by atoms with Crippen LogP contribution in [0.4, 0.5) is 0 Å². The molecule has 0 bridgehead atoms. The Morgan fingerprint density at radius 1 is 0.191 bits per heavy atom. The van der Waals surface area contributed by atoms with Crippen LogP contribution in [-0.2, 0) is 0 Å². The quantitative estimate of drug-likeness (QED) is 0.145. The average Bonchev–Trinajstić information content (AvgIpc) is 0.844. The Kier molecular flexibility index (Phi) is 44.5. The molecule has 10 aromatic carbocycles. The van der Waals surface area contributed by atoms with E-state index in [9.17, 15) is 0 Å². The summed E-state index contributed by atoms with van der Waals surface area (Å²) in [6, 6.07) is 53.0. The topological polar surface area (TPSA) is 9.23 Å². The van der Waals surface area contributed by atoms with Gasteiger partial charge in [0, 0.05) is 0 Å². The van der Waals surface area contributed by atoms with Gasteiger partial charge in [-0.3, -0.25) is 0 Å². The van der Waals surface area contributed by atoms with Crippen molar-refractivity contribution in [3.05, 3.63) is 257 Å². The normalized spacial score (nSPS) is 28.2. The van der Waals surface area contributed by atoms with Crippen molar-refractivity contribution >= 4 is 32.3 Å². The first-order valence-corrected chi connectivity index (χ1v) is 55.3. The van der Waals surface area contributed by atoms with Crippen LogP contribution < -0.4 is 4.74 Å². The summed E-state index contributed by atoms with van der Waals surface area (Å²) < 4.78 is 5.85. The van der Waals surface area contributed by atoms with Gasteiger partial charge in [0.2, 0.25) is 0 Å². The molecule has 0 amide bonds. The summed E-state index contributed by atoms with van der Waals surface area (Å²) in [5.41, 5.74) is 29.7. The van der Waals surface area contributed by atoms with Gasteiger partial charge in [0.05, 0.1) is 0 Å². The van der Waals surface area contributed by atoms with Gasteiger partial charge in [0.1, 0.15) is 11.5 Å². The van der Waals surface area contributed by atoms with Gasteiger partial charge in [0.15, 0.2) is 0 Å². The Bertz CT molecular complexity index is 4910. The third kappa shape index (κ3) is 32.9. The van der Waals surface area contributed by atoms with E-state index in [0.29, 0.717) is 0 Å². The molecule has 136 heavy (non-hydrogen) atoms. The van der Waals surface area contributed by atoms with Gasteiger partial charge in [-0.2, -0.15) is 0 Å². The Hall–Kier alpha value is -7.22. The van der Waals surface area contributed by atoms with Crippen LogP contribution in [0, 0.1) is 281 Å². The number of aryl methyl sites for hydroxylation is 20. The molecule has 0 spiro atoms. The van der Waals surface area contributed by atoms with E-state index in [0.717, 1.165) is 154 Å². The fourth-order valence-electron chi connectivity index (χ4n) is 23.8. The highest BCUT2D eigenvalue weighted by Gasteiger charge is 2.39. The number of benzene rings is 10. The van der Waals surface area contributed by atoms with Crippen LogP contribution in [0.3, 0.4) is 0 Å². The molecule has 0 saturated heterocycles. The smallest absolute Gasteiger partial charge is 0.127 e. The van der Waals surface area contributed by atoms with Gasteiger partial charge in [0.25, 0.3) is 0 Å². The summed E-state index contributed by atoms with van der Waals surface area (Å²) in [5, 5.41) is 8.08. The molecule has 17 rings (SSSR count). The third-order valence-corrected chi connectivity index (χ3v) is 38.0. The molecule has 1 heteroatoms. The molecule has 10 aromatic rings. The number of hydrogen-bond donors (Lipinski definition) is 0. The maximum absolute atomic E-state index is 5.85. The predicted octanol–water partition coefficient (Wildman–Crippen LogP) is 41.4. The van der Waals surface area contributed by atoms with Crippen LogP contribution in [0.15, 0.2) is 146 Å². The van der Waals surface area contributed by atoms with E-state index in [-0.39, 0.29) is 0 Å². The summed E-state index contributed by atoms with van der Waals surface area (Å²) in [6.07, 6.45) is 25.4. The molecule has 0 aromatic heterocycles. The average molecular weight is 1840 g/mol. The van der Waals surface area contributed by atoms with Crippen LogP contribution in [0.25, 0.3) is 43.4 Å². The summed E-state index contributed by atoms with van der Waals surface area (Å²) in [6.45, 7) is 91.3. The minimum atomic E-state index is 0.899. The van der Waals surface area contributed by atoms with Gasteiger partial charge in [-0.05, 0) is 536 Å². The second kappa shape index (κ2) is 53.0. The van der Waals surface area contributed by atoms with E-state index < -0.39 is 0 Å². The number of hydrogen-bond acceptors (Lipinski definition) is 1. The molecular formula is C135H202O. The summed E-state index contributed by atoms with van der Waals surface area (Å²) in [4.78, 5) is 0. The number of fused-ring (bicyclic) bond motifs is 3. The van der Waals surface area contributed by atoms with E-state index in [1.807, 2.05) is 12.1 Å². The van der Waals surface area contributed by atoms with Gasteiger partial charge in [-0.25, -0.2) is 0 Å². The van der Waals surface area contributed by atoms with E-state index in [4.69, 9.17) is 4.74 Å². The lowest BCUT2D eigenvalue weighted by Crippen LogP contribution is -2.39. The van der Waals surface area contributed by atoms with Crippen molar-refractivity contribution in [2.24, 2.45) is 142 Å². The molecule has 0 heterocycles. The zero-order valence-corrected chi connectivity index (χ0v) is 95.1. The fourth-order valence-corrected chi connectivity index (χ4v) is 23.8. The maximum Gasteiger partial charge on any atom is 0.127 e. The molecule has 7 saturated carbocycles. The minimum absolute atomic E-state index is 0.899. The van der Waals surface area contributed by atoms with Crippen molar-refractivity contribution in [2.75, 3.05) is 0 Å². The highest BCUT2D eigenvalue weighted by Crippen LogP contribution is 2.48. The first-order valence-electron chi connectivity index (χ1n) is 55.3.